The van der Waals surface area contributed by atoms with E-state index in [9.17, 15) is 0 Å². The third kappa shape index (κ3) is 7.52. The smallest absolute Gasteiger partial charge is 0.141 e. The largest absolute Gasteiger partial charge is 0.456 e. The van der Waals surface area contributed by atoms with E-state index in [1.165, 1.54) is 0 Å². The van der Waals surface area contributed by atoms with Gasteiger partial charge in [-0.05, 0) is 71.4 Å². The molecule has 0 saturated carbocycles. The summed E-state index contributed by atoms with van der Waals surface area (Å²) >= 11 is 0. The van der Waals surface area contributed by atoms with Gasteiger partial charge in [0, 0.05) is 16.2 Å². The van der Waals surface area contributed by atoms with Crippen LogP contribution in [0.1, 0.15) is 0 Å². The van der Waals surface area contributed by atoms with Crippen LogP contribution in [0.25, 0.3) is 98.8 Å². The van der Waals surface area contributed by atoms with Gasteiger partial charge in [-0.3, -0.25) is 0 Å². The van der Waals surface area contributed by atoms with Crippen molar-refractivity contribution in [3.05, 3.63) is 0 Å². The minimum Gasteiger partial charge on any atom is -0.456 e. The molecule has 1 heterocycles. The third-order valence-electron chi connectivity index (χ3n) is 15.3. The molecule has 0 bridgehead atoms. The second kappa shape index (κ2) is 19.6. The lowest BCUT2D eigenvalue weighted by molar-refractivity contribution is 0.676. The maximum Gasteiger partial charge on any atom is 0.141 e. The Labute approximate surface area is 498 Å². The highest BCUT2D eigenvalue weighted by Gasteiger charge is 2.32. The summed E-state index contributed by atoms with van der Waals surface area (Å²) in [6.07, 6.45) is 0. The van der Waals surface area contributed by atoms with E-state index in [-0.39, 0.29) is 263 Å². The lowest BCUT2D eigenvalue weighted by Gasteiger charge is -2.34. The molecule has 10 aromatic rings. The topological polar surface area (TPSA) is 13.1 Å². The molecule has 9 aromatic carbocycles. The zero-order valence-electron chi connectivity index (χ0n) is 41.7. The van der Waals surface area contributed by atoms with E-state index in [1.54, 1.807) is 0 Å². The fourth-order valence-electron chi connectivity index (χ4n) is 11.0. The lowest BCUT2D eigenvalue weighted by atomic mass is 9.54. The number of furan rings is 1. The fourth-order valence-corrected chi connectivity index (χ4v) is 11.0. The average Bonchev–Trinajstić information content (AvgIpc) is 4.04. The summed E-state index contributed by atoms with van der Waals surface area (Å²) < 4.78 is 6.38. The first-order valence-corrected chi connectivity index (χ1v) is 23.1. The van der Waals surface area contributed by atoms with Gasteiger partial charge in [-0.1, -0.05) is 104 Å². The fraction of sp³-hybridized carbons (Fsp3) is 0. The van der Waals surface area contributed by atoms with Crippen molar-refractivity contribution >= 4 is 454 Å². The van der Waals surface area contributed by atoms with Crippen molar-refractivity contribution < 1.29 is 4.42 Å². The van der Waals surface area contributed by atoms with Crippen molar-refractivity contribution in [3.63, 3.8) is 0 Å². The first kappa shape index (κ1) is 57.7. The van der Waals surface area contributed by atoms with Crippen LogP contribution >= 0.6 is 0 Å². The van der Waals surface area contributed by atoms with E-state index in [2.05, 4.69) is 0 Å². The Morgan fingerprint density at radius 3 is 0.671 bits per heavy atom. The average molecular weight is 917 g/mol. The molecule has 1 aromatic heterocycles. The monoisotopic (exact) mass is 922 g/mol. The van der Waals surface area contributed by atoms with Gasteiger partial charge in [-0.25, -0.2) is 0 Å². The predicted octanol–water partition coefficient (Wildman–Crippen LogP) is -22.5. The Kier molecular flexibility index (Phi) is 14.3. The first-order valence-electron chi connectivity index (χ1n) is 23.1. The van der Waals surface area contributed by atoms with E-state index in [1.807, 2.05) is 0 Å². The van der Waals surface area contributed by atoms with Gasteiger partial charge in [0.2, 0.25) is 0 Å². The third-order valence-corrected chi connectivity index (χ3v) is 15.3. The second-order valence-electron chi connectivity index (χ2n) is 19.2. The molecule has 60 radical (unpaired) electrons. The standard InChI is InChI=1S/C48B30O/c49-17-11(32(64)46(78)48-15(17)16-33(65)28(60)13-14(47(16)79-48)34(66)44(76)41(73)31(13)63)12-26(58)24(56)9(25(57)27(12)59)2-6-3(18(50)35(67)38(70)21(6)53)1(4-7(2)22(54)39(71)36(68)19(4)51)5-8(23(55)40(72)37(69)20(5)52)10-29(61)42(74)45(77)43(75)30(10)62. The van der Waals surface area contributed by atoms with Crippen LogP contribution in [0.4, 0.5) is 0 Å². The van der Waals surface area contributed by atoms with Gasteiger partial charge in [-0.15, -0.1) is 60.1 Å². The van der Waals surface area contributed by atoms with Gasteiger partial charge in [0.25, 0.3) is 0 Å². The molecule has 1 nitrogen and oxygen atoms in total. The van der Waals surface area contributed by atoms with Gasteiger partial charge >= 0.3 is 0 Å². The minimum absolute atomic E-state index is 0.0133. The summed E-state index contributed by atoms with van der Waals surface area (Å²) in [7, 11) is 204. The van der Waals surface area contributed by atoms with Gasteiger partial charge in [0.1, 0.15) is 247 Å². The molecule has 0 fully saturated rings. The highest BCUT2D eigenvalue weighted by atomic mass is 16.3. The van der Waals surface area contributed by atoms with Gasteiger partial charge in [0.15, 0.2) is 0 Å². The van der Waals surface area contributed by atoms with E-state index >= 15 is 0 Å². The second-order valence-corrected chi connectivity index (χ2v) is 19.2. The van der Waals surface area contributed by atoms with Crippen LogP contribution in [0, 0.1) is 0 Å². The molecule has 0 aliphatic heterocycles. The summed E-state index contributed by atoms with van der Waals surface area (Å²) in [5.74, 6) is 0. The summed E-state index contributed by atoms with van der Waals surface area (Å²) in [5, 5.41) is 0.206. The van der Waals surface area contributed by atoms with E-state index in [0.717, 1.165) is 0 Å². The number of rotatable bonds is 4. The van der Waals surface area contributed by atoms with Crippen LogP contribution in [-0.4, -0.2) is 235 Å². The van der Waals surface area contributed by atoms with Gasteiger partial charge in [-0.2, -0.15) is 0 Å². The number of hydrogen-bond acceptors (Lipinski definition) is 1. The van der Waals surface area contributed by atoms with Crippen LogP contribution in [0.5, 0.6) is 0 Å². The maximum atomic E-state index is 7.24. The molecule has 0 unspecified atom stereocenters. The Bertz CT molecular complexity index is 4460. The van der Waals surface area contributed by atoms with Crippen molar-refractivity contribution in [3.8, 4) is 44.5 Å². The summed E-state index contributed by atoms with van der Waals surface area (Å²) in [5.41, 5.74) is -6.68. The van der Waals surface area contributed by atoms with Crippen LogP contribution in [0.2, 0.25) is 0 Å². The summed E-state index contributed by atoms with van der Waals surface area (Å²) in [6, 6.07) is 0. The zero-order chi connectivity index (χ0) is 58.4. The molecule has 10 rings (SSSR count). The Hall–Kier alpha value is -4.49. The summed E-state index contributed by atoms with van der Waals surface area (Å²) in [4.78, 5) is 0. The first-order chi connectivity index (χ1) is 36.8. The lowest BCUT2D eigenvalue weighted by Crippen LogP contribution is -2.57. The molecule has 0 aliphatic carbocycles. The Balaban J connectivity index is 1.42. The molecule has 0 aliphatic rings. The normalized spacial score (nSPS) is 11.8. The SMILES string of the molecule is [B]c1c([B])c([B])c(-c2c([B])c([B])c([B])c([B])c2-c2c3c([B])c([B])c([B])c([B])c3c(-c3c([B])c([B])c(-c4c([B])c([B])c5oc6c7c([B])c([B])c([B])c([B])c7c([B])c([B])c6c5c4[B])c([B])c3[B])c3c([B])c([B])c([B])c([B])c23)c([B])c1[B]. The molecule has 31 heteroatoms. The van der Waals surface area contributed by atoms with Crippen molar-refractivity contribution in [2.24, 2.45) is 0 Å². The molecule has 0 saturated heterocycles. The van der Waals surface area contributed by atoms with E-state index in [0.29, 0.717) is 0 Å². The Morgan fingerprint density at radius 2 is 0.291 bits per heavy atom. The highest BCUT2D eigenvalue weighted by molar-refractivity contribution is 6.77. The van der Waals surface area contributed by atoms with Crippen LogP contribution in [0.3, 0.4) is 0 Å². The quantitative estimate of drug-likeness (QED) is 0.127. The van der Waals surface area contributed by atoms with Crippen LogP contribution < -0.4 is 164 Å². The predicted molar refractivity (Wildman–Crippen MR) is 370 cm³/mol. The zero-order valence-corrected chi connectivity index (χ0v) is 41.7. The van der Waals surface area contributed by atoms with Gasteiger partial charge in [0.05, 0.1) is 0 Å². The highest BCUT2D eigenvalue weighted by Crippen LogP contribution is 2.41. The van der Waals surface area contributed by atoms with Crippen molar-refractivity contribution in [1.29, 1.82) is 0 Å². The van der Waals surface area contributed by atoms with Crippen LogP contribution in [0.15, 0.2) is 4.42 Å². The minimum atomic E-state index is -0.311. The van der Waals surface area contributed by atoms with Crippen molar-refractivity contribution in [2.45, 2.75) is 0 Å². The van der Waals surface area contributed by atoms with Gasteiger partial charge < -0.3 is 4.42 Å². The summed E-state index contributed by atoms with van der Waals surface area (Å²) in [6.45, 7) is 0. The maximum absolute atomic E-state index is 7.24. The van der Waals surface area contributed by atoms with Crippen molar-refractivity contribution in [2.75, 3.05) is 0 Å². The van der Waals surface area contributed by atoms with Crippen LogP contribution in [-0.2, 0) is 0 Å². The number of hydrogen-bond donors (Lipinski definition) is 0. The molecule has 0 atom stereocenters. The number of fused-ring (bicyclic) bond motifs is 7. The molecular weight excluding hydrogens is 917 g/mol. The molecule has 288 valence electrons. The van der Waals surface area contributed by atoms with E-state index in [4.69, 9.17) is 240 Å². The van der Waals surface area contributed by atoms with Crippen molar-refractivity contribution in [1.82, 2.24) is 0 Å². The molecule has 0 spiro atoms. The molecule has 0 amide bonds. The molecule has 79 heavy (non-hydrogen) atoms. The Morgan fingerprint density at radius 1 is 0.114 bits per heavy atom. The number of benzene rings is 9. The van der Waals surface area contributed by atoms with E-state index < -0.39 is 0 Å². The molecular formula is C48B30O. The molecule has 0 N–H and O–H groups in total.